The average Bonchev–Trinajstić information content (AvgIpc) is 3.70. The van der Waals surface area contributed by atoms with Gasteiger partial charge in [-0.1, -0.05) is 44.2 Å². The molecule has 0 saturated carbocycles. The number of carbonyl (C=O) groups is 3. The maximum absolute atomic E-state index is 13.7. The molecule has 0 spiro atoms. The van der Waals surface area contributed by atoms with E-state index in [1.54, 1.807) is 58.0 Å². The van der Waals surface area contributed by atoms with Gasteiger partial charge in [-0.3, -0.25) is 24.3 Å². The zero-order valence-electron chi connectivity index (χ0n) is 25.5. The van der Waals surface area contributed by atoms with Gasteiger partial charge in [0.05, 0.1) is 25.0 Å². The lowest BCUT2D eigenvalue weighted by Gasteiger charge is -2.21. The van der Waals surface area contributed by atoms with Crippen molar-refractivity contribution in [3.05, 3.63) is 88.6 Å². The molecular weight excluding hydrogens is 601 g/mol. The molecule has 15 heteroatoms. The van der Waals surface area contributed by atoms with Crippen molar-refractivity contribution in [2.45, 2.75) is 45.7 Å². The molecule has 2 N–H and O–H groups in total. The number of halogens is 1. The molecule has 0 aliphatic rings. The molecular formula is C31H30FN7O7. The van der Waals surface area contributed by atoms with Gasteiger partial charge in [0.25, 0.3) is 11.4 Å². The number of carbonyl (C=O) groups excluding carboxylic acids is 3. The number of nitrogens with zero attached hydrogens (tertiary/aromatic N) is 5. The van der Waals surface area contributed by atoms with Crippen molar-refractivity contribution in [1.82, 2.24) is 30.0 Å². The highest BCUT2D eigenvalue weighted by molar-refractivity contribution is 5.98. The quantitative estimate of drug-likeness (QED) is 0.212. The van der Waals surface area contributed by atoms with Crippen molar-refractivity contribution in [3.63, 3.8) is 0 Å². The Morgan fingerprint density at radius 1 is 1.04 bits per heavy atom. The number of methoxy groups -OCH3 is 1. The molecule has 0 saturated heterocycles. The summed E-state index contributed by atoms with van der Waals surface area (Å²) in [4.78, 5) is 60.5. The molecule has 3 aromatic heterocycles. The zero-order valence-corrected chi connectivity index (χ0v) is 25.5. The predicted octanol–water partition coefficient (Wildman–Crippen LogP) is 4.10. The van der Waals surface area contributed by atoms with E-state index in [4.69, 9.17) is 8.83 Å². The number of hydrogen-bond acceptors (Lipinski definition) is 11. The minimum absolute atomic E-state index is 0.0122. The Labute approximate surface area is 261 Å². The van der Waals surface area contributed by atoms with Crippen LogP contribution < -0.4 is 16.2 Å². The summed E-state index contributed by atoms with van der Waals surface area (Å²) in [6.45, 7) is 6.30. The molecule has 1 unspecified atom stereocenters. The van der Waals surface area contributed by atoms with Gasteiger partial charge in [0, 0.05) is 6.07 Å². The minimum Gasteiger partial charge on any atom is -0.453 e. The first-order valence-corrected chi connectivity index (χ1v) is 14.1. The number of rotatable bonds is 10. The van der Waals surface area contributed by atoms with E-state index in [0.29, 0.717) is 16.8 Å². The number of amides is 2. The molecule has 14 nitrogen and oxygen atoms in total. The first-order valence-electron chi connectivity index (χ1n) is 14.1. The number of nitrogens with one attached hydrogen (secondary N) is 2. The second-order valence-electron chi connectivity index (χ2n) is 11.2. The van der Waals surface area contributed by atoms with Crippen molar-refractivity contribution < 1.29 is 32.3 Å². The van der Waals surface area contributed by atoms with Gasteiger partial charge in [-0.25, -0.2) is 19.2 Å². The summed E-state index contributed by atoms with van der Waals surface area (Å²) in [5.41, 5.74) is -0.303. The number of hydrogen-bond donors (Lipinski definition) is 2. The summed E-state index contributed by atoms with van der Waals surface area (Å²) >= 11 is 0. The summed E-state index contributed by atoms with van der Waals surface area (Å²) in [6.07, 6.45) is 0.431. The highest BCUT2D eigenvalue weighted by Crippen LogP contribution is 2.32. The molecule has 2 aromatic carbocycles. The van der Waals surface area contributed by atoms with Gasteiger partial charge < -0.3 is 18.9 Å². The van der Waals surface area contributed by atoms with Crippen LogP contribution in [0.5, 0.6) is 0 Å². The maximum atomic E-state index is 13.7. The molecule has 46 heavy (non-hydrogen) atoms. The van der Waals surface area contributed by atoms with Gasteiger partial charge in [-0.15, -0.1) is 10.2 Å². The molecule has 5 rings (SSSR count). The van der Waals surface area contributed by atoms with E-state index in [1.165, 1.54) is 24.4 Å². The molecule has 0 aliphatic carbocycles. The van der Waals surface area contributed by atoms with Crippen molar-refractivity contribution in [2.24, 2.45) is 5.92 Å². The first kappa shape index (κ1) is 31.7. The lowest BCUT2D eigenvalue weighted by Crippen LogP contribution is -2.46. The molecule has 0 fully saturated rings. The standard InChI is InChI=1S/C31H30FN7O7/c1-16(2)23(24(41)26-37-38-29(46-26)31(3,4)28-34-19-12-11-18(32)13-21(19)45-28)35-22(40)15-39-20(17-9-7-6-8-10-17)14-33-25(27(39)42)36-30(43)44-5/h6-14,16,23H,15H2,1-5H3,(H,35,40)(H,33,36,43). The Balaban J connectivity index is 1.39. The molecule has 0 aliphatic heterocycles. The lowest BCUT2D eigenvalue weighted by molar-refractivity contribution is -0.122. The van der Waals surface area contributed by atoms with Gasteiger partial charge in [0.1, 0.15) is 23.3 Å². The minimum atomic E-state index is -1.11. The number of anilines is 1. The van der Waals surface area contributed by atoms with Gasteiger partial charge in [0.2, 0.25) is 29.3 Å². The molecule has 1 atom stereocenters. The number of ether oxygens (including phenoxy) is 1. The highest BCUT2D eigenvalue weighted by Gasteiger charge is 2.37. The van der Waals surface area contributed by atoms with Crippen LogP contribution in [0.2, 0.25) is 0 Å². The SMILES string of the molecule is COC(=O)Nc1ncc(-c2ccccc2)n(CC(=O)NC(C(=O)c2nnc(C(C)(C)c3nc4ccc(F)cc4o3)o2)C(C)C)c1=O. The van der Waals surface area contributed by atoms with Gasteiger partial charge >= 0.3 is 6.09 Å². The van der Waals surface area contributed by atoms with Gasteiger partial charge in [-0.05, 0) is 37.5 Å². The largest absolute Gasteiger partial charge is 0.453 e. The summed E-state index contributed by atoms with van der Waals surface area (Å²) in [7, 11) is 1.13. The highest BCUT2D eigenvalue weighted by atomic mass is 19.1. The van der Waals surface area contributed by atoms with E-state index in [0.717, 1.165) is 11.7 Å². The Morgan fingerprint density at radius 3 is 2.48 bits per heavy atom. The van der Waals surface area contributed by atoms with Crippen molar-refractivity contribution in [3.8, 4) is 11.3 Å². The Hall–Kier alpha value is -5.73. The van der Waals surface area contributed by atoms with Gasteiger partial charge in [-0.2, -0.15) is 0 Å². The number of benzene rings is 2. The molecule has 2 amide bonds. The third-order valence-corrected chi connectivity index (χ3v) is 7.15. The smallest absolute Gasteiger partial charge is 0.412 e. The Morgan fingerprint density at radius 2 is 1.78 bits per heavy atom. The third kappa shape index (κ3) is 6.38. The Bertz CT molecular complexity index is 1980. The predicted molar refractivity (Wildman–Crippen MR) is 161 cm³/mol. The summed E-state index contributed by atoms with van der Waals surface area (Å²) < 4.78 is 30.9. The van der Waals surface area contributed by atoms with Crippen LogP contribution in [0.1, 0.15) is 50.2 Å². The van der Waals surface area contributed by atoms with E-state index in [1.807, 2.05) is 0 Å². The van der Waals surface area contributed by atoms with Crippen LogP contribution in [-0.2, 0) is 21.5 Å². The normalized spacial score (nSPS) is 12.2. The Kier molecular flexibility index (Phi) is 8.76. The number of Topliss-reactive ketones (excluding diaryl/α,β-unsaturated/α-hetero) is 1. The van der Waals surface area contributed by atoms with Crippen LogP contribution in [0, 0.1) is 11.7 Å². The molecule has 3 heterocycles. The van der Waals surface area contributed by atoms with E-state index >= 15 is 0 Å². The second kappa shape index (κ2) is 12.7. The molecule has 5 aromatic rings. The number of aromatic nitrogens is 5. The van der Waals surface area contributed by atoms with Crippen LogP contribution in [0.3, 0.4) is 0 Å². The summed E-state index contributed by atoms with van der Waals surface area (Å²) in [5.74, 6) is -2.77. The van der Waals surface area contributed by atoms with Crippen molar-refractivity contribution in [2.75, 3.05) is 12.4 Å². The first-order chi connectivity index (χ1) is 21.9. The lowest BCUT2D eigenvalue weighted by atomic mass is 9.93. The van der Waals surface area contributed by atoms with E-state index in [9.17, 15) is 23.6 Å². The van der Waals surface area contributed by atoms with E-state index in [-0.39, 0.29) is 29.1 Å². The fraction of sp³-hybridized carbons (Fsp3) is 0.290. The fourth-order valence-electron chi connectivity index (χ4n) is 4.58. The number of fused-ring (bicyclic) bond motifs is 1. The summed E-state index contributed by atoms with van der Waals surface area (Å²) in [5, 5.41) is 12.9. The van der Waals surface area contributed by atoms with Crippen molar-refractivity contribution in [1.29, 1.82) is 0 Å². The van der Waals surface area contributed by atoms with Crippen LogP contribution in [-0.4, -0.2) is 55.7 Å². The zero-order chi connectivity index (χ0) is 33.2. The van der Waals surface area contributed by atoms with Crippen LogP contribution in [0.25, 0.3) is 22.4 Å². The van der Waals surface area contributed by atoms with Crippen molar-refractivity contribution >= 4 is 34.7 Å². The average molecular weight is 632 g/mol. The number of ketones is 1. The summed E-state index contributed by atoms with van der Waals surface area (Å²) in [6, 6.07) is 11.6. The molecule has 0 radical (unpaired) electrons. The fourth-order valence-corrected chi connectivity index (χ4v) is 4.58. The topological polar surface area (TPSA) is 184 Å². The van der Waals surface area contributed by atoms with E-state index < -0.39 is 53.1 Å². The molecule has 238 valence electrons. The van der Waals surface area contributed by atoms with Crippen LogP contribution >= 0.6 is 0 Å². The molecule has 0 bridgehead atoms. The monoisotopic (exact) mass is 631 g/mol. The second-order valence-corrected chi connectivity index (χ2v) is 11.2. The third-order valence-electron chi connectivity index (χ3n) is 7.15. The maximum Gasteiger partial charge on any atom is 0.412 e. The van der Waals surface area contributed by atoms with E-state index in [2.05, 4.69) is 35.5 Å². The van der Waals surface area contributed by atoms with Crippen LogP contribution in [0.15, 0.2) is 68.4 Å². The van der Waals surface area contributed by atoms with Gasteiger partial charge in [0.15, 0.2) is 5.58 Å². The van der Waals surface area contributed by atoms with Crippen LogP contribution in [0.4, 0.5) is 15.0 Å². The number of oxazole rings is 1.